The summed E-state index contributed by atoms with van der Waals surface area (Å²) in [4.78, 5) is 29.9. The number of ether oxygens (including phenoxy) is 2. The Morgan fingerprint density at radius 1 is 1.00 bits per heavy atom. The van der Waals surface area contributed by atoms with Gasteiger partial charge in [0.1, 0.15) is 18.1 Å². The summed E-state index contributed by atoms with van der Waals surface area (Å²) in [5.74, 6) is 2.33. The third kappa shape index (κ3) is 5.54. The molecular formula is C26H27ClN2O5. The van der Waals surface area contributed by atoms with Crippen molar-refractivity contribution < 1.29 is 23.5 Å². The summed E-state index contributed by atoms with van der Waals surface area (Å²) in [7, 11) is 0. The van der Waals surface area contributed by atoms with Crippen LogP contribution in [0, 0.1) is 6.92 Å². The van der Waals surface area contributed by atoms with Gasteiger partial charge in [0.2, 0.25) is 12.7 Å². The molecule has 2 heterocycles. The monoisotopic (exact) mass is 482 g/mol. The molecule has 0 bridgehead atoms. The van der Waals surface area contributed by atoms with Gasteiger partial charge in [0.25, 0.3) is 5.91 Å². The first-order valence-electron chi connectivity index (χ1n) is 11.1. The predicted octanol–water partition coefficient (Wildman–Crippen LogP) is 5.05. The number of benzene rings is 2. The number of aryl methyl sites for hydroxylation is 1. The average molecular weight is 483 g/mol. The summed E-state index contributed by atoms with van der Waals surface area (Å²) >= 11 is 6.08. The molecule has 0 aliphatic carbocycles. The van der Waals surface area contributed by atoms with E-state index in [-0.39, 0.29) is 37.7 Å². The fraction of sp³-hybridized carbons (Fsp3) is 0.308. The van der Waals surface area contributed by atoms with Crippen molar-refractivity contribution in [2.45, 2.75) is 39.9 Å². The van der Waals surface area contributed by atoms with Crippen molar-refractivity contribution in [3.8, 4) is 11.5 Å². The van der Waals surface area contributed by atoms with Gasteiger partial charge in [-0.3, -0.25) is 9.59 Å². The fourth-order valence-corrected chi connectivity index (χ4v) is 3.96. The van der Waals surface area contributed by atoms with E-state index in [0.717, 1.165) is 11.3 Å². The normalized spacial score (nSPS) is 12.1. The summed E-state index contributed by atoms with van der Waals surface area (Å²) in [5.41, 5.74) is 1.33. The van der Waals surface area contributed by atoms with Crippen molar-refractivity contribution >= 4 is 23.4 Å². The van der Waals surface area contributed by atoms with Crippen molar-refractivity contribution in [1.82, 2.24) is 9.80 Å². The molecule has 0 fully saturated rings. The van der Waals surface area contributed by atoms with Crippen LogP contribution in [0.4, 0.5) is 0 Å². The van der Waals surface area contributed by atoms with Gasteiger partial charge in [0.05, 0.1) is 6.54 Å². The van der Waals surface area contributed by atoms with E-state index in [1.807, 2.05) is 51.1 Å². The van der Waals surface area contributed by atoms with Crippen molar-refractivity contribution in [1.29, 1.82) is 0 Å². The zero-order chi connectivity index (χ0) is 24.2. The van der Waals surface area contributed by atoms with E-state index >= 15 is 0 Å². The number of carbonyl (C=O) groups is 2. The van der Waals surface area contributed by atoms with E-state index in [4.69, 9.17) is 25.5 Å². The molecule has 0 spiro atoms. The summed E-state index contributed by atoms with van der Waals surface area (Å²) < 4.78 is 16.6. The molecule has 178 valence electrons. The van der Waals surface area contributed by atoms with Crippen molar-refractivity contribution in [3.05, 3.63) is 82.3 Å². The van der Waals surface area contributed by atoms with Crippen LogP contribution in [0.2, 0.25) is 5.02 Å². The topological polar surface area (TPSA) is 72.2 Å². The van der Waals surface area contributed by atoms with Crippen LogP contribution < -0.4 is 9.47 Å². The second-order valence-electron chi connectivity index (χ2n) is 8.49. The summed E-state index contributed by atoms with van der Waals surface area (Å²) in [5, 5.41) is 0.471. The quantitative estimate of drug-likeness (QED) is 0.449. The van der Waals surface area contributed by atoms with Gasteiger partial charge in [-0.2, -0.15) is 0 Å². The minimum atomic E-state index is -0.247. The Bertz CT molecular complexity index is 1190. The largest absolute Gasteiger partial charge is 0.464 e. The second-order valence-corrected chi connectivity index (χ2v) is 8.92. The molecule has 2 aromatic carbocycles. The van der Waals surface area contributed by atoms with Crippen LogP contribution in [-0.4, -0.2) is 41.0 Å². The van der Waals surface area contributed by atoms with Gasteiger partial charge in [-0.05, 0) is 68.8 Å². The lowest BCUT2D eigenvalue weighted by Crippen LogP contribution is -2.45. The van der Waals surface area contributed by atoms with E-state index in [0.29, 0.717) is 34.4 Å². The van der Waals surface area contributed by atoms with Crippen LogP contribution in [0.15, 0.2) is 59.0 Å². The molecule has 34 heavy (non-hydrogen) atoms. The van der Waals surface area contributed by atoms with E-state index in [2.05, 4.69) is 0 Å². The average Bonchev–Trinajstić information content (AvgIpc) is 3.44. The van der Waals surface area contributed by atoms with Crippen molar-refractivity contribution in [3.63, 3.8) is 0 Å². The van der Waals surface area contributed by atoms with Gasteiger partial charge in [-0.25, -0.2) is 0 Å². The molecule has 2 amide bonds. The number of halogens is 1. The minimum Gasteiger partial charge on any atom is -0.464 e. The molecule has 4 rings (SSSR count). The maximum Gasteiger partial charge on any atom is 0.254 e. The highest BCUT2D eigenvalue weighted by Crippen LogP contribution is 2.33. The Hall–Kier alpha value is -3.45. The zero-order valence-electron chi connectivity index (χ0n) is 19.4. The van der Waals surface area contributed by atoms with Crippen LogP contribution in [0.5, 0.6) is 11.5 Å². The van der Waals surface area contributed by atoms with Crippen LogP contribution in [0.25, 0.3) is 0 Å². The third-order valence-corrected chi connectivity index (χ3v) is 5.80. The predicted molar refractivity (Wildman–Crippen MR) is 128 cm³/mol. The first-order chi connectivity index (χ1) is 16.3. The number of amides is 2. The molecule has 8 heteroatoms. The summed E-state index contributed by atoms with van der Waals surface area (Å²) in [6, 6.07) is 15.9. The maximum atomic E-state index is 13.5. The second kappa shape index (κ2) is 10.2. The number of carbonyl (C=O) groups excluding carboxylic acids is 2. The van der Waals surface area contributed by atoms with Crippen LogP contribution in [0.1, 0.15) is 41.3 Å². The Morgan fingerprint density at radius 2 is 1.79 bits per heavy atom. The van der Waals surface area contributed by atoms with Crippen molar-refractivity contribution in [2.24, 2.45) is 0 Å². The van der Waals surface area contributed by atoms with E-state index < -0.39 is 0 Å². The molecule has 0 atom stereocenters. The van der Waals surface area contributed by atoms with Gasteiger partial charge in [-0.15, -0.1) is 0 Å². The number of rotatable bonds is 8. The molecular weight excluding hydrogens is 456 g/mol. The van der Waals surface area contributed by atoms with E-state index in [1.165, 1.54) is 0 Å². The van der Waals surface area contributed by atoms with Crippen LogP contribution >= 0.6 is 11.6 Å². The Morgan fingerprint density at radius 3 is 2.50 bits per heavy atom. The van der Waals surface area contributed by atoms with Gasteiger partial charge in [-0.1, -0.05) is 23.7 Å². The van der Waals surface area contributed by atoms with E-state index in [1.54, 1.807) is 34.1 Å². The smallest absolute Gasteiger partial charge is 0.254 e. The highest BCUT2D eigenvalue weighted by atomic mass is 35.5. The van der Waals surface area contributed by atoms with Gasteiger partial charge in [0.15, 0.2) is 11.5 Å². The van der Waals surface area contributed by atoms with E-state index in [9.17, 15) is 9.59 Å². The molecule has 1 aromatic heterocycles. The first-order valence-corrected chi connectivity index (χ1v) is 11.5. The summed E-state index contributed by atoms with van der Waals surface area (Å²) in [6.07, 6.45) is 0. The molecule has 1 aliphatic heterocycles. The van der Waals surface area contributed by atoms with Gasteiger partial charge < -0.3 is 23.7 Å². The van der Waals surface area contributed by atoms with Gasteiger partial charge in [0, 0.05) is 23.2 Å². The zero-order valence-corrected chi connectivity index (χ0v) is 20.2. The third-order valence-electron chi connectivity index (χ3n) is 5.57. The molecule has 0 saturated heterocycles. The molecule has 0 saturated carbocycles. The number of nitrogens with zero attached hydrogens (tertiary/aromatic N) is 2. The first kappa shape index (κ1) is 23.7. The molecule has 0 unspecified atom stereocenters. The lowest BCUT2D eigenvalue weighted by Gasteiger charge is -2.30. The number of fused-ring (bicyclic) bond motifs is 1. The Balaban J connectivity index is 1.56. The fourth-order valence-electron chi connectivity index (χ4n) is 3.77. The Labute approximate surface area is 203 Å². The number of hydrogen-bond acceptors (Lipinski definition) is 5. The Kier molecular flexibility index (Phi) is 7.12. The molecule has 0 N–H and O–H groups in total. The molecule has 7 nitrogen and oxygen atoms in total. The lowest BCUT2D eigenvalue weighted by atomic mass is 10.1. The molecule has 0 radical (unpaired) electrons. The van der Waals surface area contributed by atoms with Crippen LogP contribution in [0.3, 0.4) is 0 Å². The SMILES string of the molecule is Cc1ccc(CN(Cc2ccc3c(c2)OCO3)C(=O)CN(C(=O)c2cccc(Cl)c2)C(C)C)o1. The molecule has 1 aliphatic rings. The minimum absolute atomic E-state index is 0.0761. The lowest BCUT2D eigenvalue weighted by molar-refractivity contribution is -0.133. The maximum absolute atomic E-state index is 13.5. The molecule has 3 aromatic rings. The summed E-state index contributed by atoms with van der Waals surface area (Å²) in [6.45, 7) is 6.33. The standard InChI is InChI=1S/C26H27ClN2O5/c1-17(2)29(26(31)20-5-4-6-21(27)12-20)15-25(30)28(14-22-9-7-18(3)34-22)13-19-8-10-23-24(11-19)33-16-32-23/h4-12,17H,13-16H2,1-3H3. The number of furan rings is 1. The highest BCUT2D eigenvalue weighted by Gasteiger charge is 2.26. The number of hydrogen-bond donors (Lipinski definition) is 0. The highest BCUT2D eigenvalue weighted by molar-refractivity contribution is 6.31. The van der Waals surface area contributed by atoms with Crippen LogP contribution in [-0.2, 0) is 17.9 Å². The van der Waals surface area contributed by atoms with Crippen molar-refractivity contribution in [2.75, 3.05) is 13.3 Å². The van der Waals surface area contributed by atoms with Gasteiger partial charge >= 0.3 is 0 Å².